The topological polar surface area (TPSA) is 26.3 Å². The highest BCUT2D eigenvalue weighted by atomic mass is 19.1. The Hall–Kier alpha value is -2.49. The third-order valence-corrected chi connectivity index (χ3v) is 2.81. The van der Waals surface area contributed by atoms with E-state index in [4.69, 9.17) is 4.74 Å². The molecule has 0 aliphatic carbocycles. The number of benzene rings is 2. The summed E-state index contributed by atoms with van der Waals surface area (Å²) in [5.74, 6) is -1.34. The molecule has 4 heteroatoms. The number of carbonyl (C=O) groups excluding carboxylic acids is 1. The van der Waals surface area contributed by atoms with Crippen LogP contribution in [0.15, 0.2) is 48.5 Å². The van der Waals surface area contributed by atoms with Gasteiger partial charge in [0.05, 0.1) is 12.2 Å². The van der Waals surface area contributed by atoms with E-state index in [0.29, 0.717) is 12.7 Å². The average molecular weight is 288 g/mol. The SMILES string of the molecule is CCOc1ccc(C=CC(=O)c2ccc(F)cc2F)cc1. The molecular formula is C17H14F2O2. The van der Waals surface area contributed by atoms with Gasteiger partial charge in [-0.15, -0.1) is 0 Å². The van der Waals surface area contributed by atoms with Crippen molar-refractivity contribution in [3.8, 4) is 5.75 Å². The van der Waals surface area contributed by atoms with E-state index >= 15 is 0 Å². The Morgan fingerprint density at radius 2 is 1.86 bits per heavy atom. The summed E-state index contributed by atoms with van der Waals surface area (Å²) in [4.78, 5) is 11.8. The van der Waals surface area contributed by atoms with Gasteiger partial charge in [-0.3, -0.25) is 4.79 Å². The van der Waals surface area contributed by atoms with Crippen LogP contribution < -0.4 is 4.74 Å². The van der Waals surface area contributed by atoms with E-state index in [-0.39, 0.29) is 5.56 Å². The smallest absolute Gasteiger partial charge is 0.188 e. The Morgan fingerprint density at radius 1 is 1.14 bits per heavy atom. The number of carbonyl (C=O) groups is 1. The van der Waals surface area contributed by atoms with Gasteiger partial charge in [-0.2, -0.15) is 0 Å². The lowest BCUT2D eigenvalue weighted by Crippen LogP contribution is -1.99. The summed E-state index contributed by atoms with van der Waals surface area (Å²) >= 11 is 0. The number of hydrogen-bond donors (Lipinski definition) is 0. The molecule has 2 aromatic rings. The number of ketones is 1. The normalized spacial score (nSPS) is 10.8. The molecule has 2 nitrogen and oxygen atoms in total. The second kappa shape index (κ2) is 6.79. The van der Waals surface area contributed by atoms with Crippen molar-refractivity contribution in [3.63, 3.8) is 0 Å². The fraction of sp³-hybridized carbons (Fsp3) is 0.118. The standard InChI is InChI=1S/C17H14F2O2/c1-2-21-14-7-3-12(4-8-14)5-10-17(20)15-9-6-13(18)11-16(15)19/h3-11H,2H2,1H3. The van der Waals surface area contributed by atoms with E-state index in [0.717, 1.165) is 23.4 Å². The molecule has 0 spiro atoms. The lowest BCUT2D eigenvalue weighted by molar-refractivity contribution is 0.104. The molecule has 2 aromatic carbocycles. The zero-order chi connectivity index (χ0) is 15.2. The lowest BCUT2D eigenvalue weighted by Gasteiger charge is -2.02. The summed E-state index contributed by atoms with van der Waals surface area (Å²) in [7, 11) is 0. The van der Waals surface area contributed by atoms with Gasteiger partial charge >= 0.3 is 0 Å². The lowest BCUT2D eigenvalue weighted by atomic mass is 10.1. The highest BCUT2D eigenvalue weighted by Crippen LogP contribution is 2.15. The molecule has 108 valence electrons. The molecule has 0 saturated carbocycles. The molecule has 0 aliphatic rings. The van der Waals surface area contributed by atoms with Crippen molar-refractivity contribution in [2.75, 3.05) is 6.61 Å². The van der Waals surface area contributed by atoms with Crippen molar-refractivity contribution in [2.24, 2.45) is 0 Å². The largest absolute Gasteiger partial charge is 0.494 e. The summed E-state index contributed by atoms with van der Waals surface area (Å²) < 4.78 is 31.5. The summed E-state index contributed by atoms with van der Waals surface area (Å²) in [5.41, 5.74) is 0.632. The quantitative estimate of drug-likeness (QED) is 0.607. The number of ether oxygens (including phenoxy) is 1. The predicted octanol–water partition coefficient (Wildman–Crippen LogP) is 4.26. The average Bonchev–Trinajstić information content (AvgIpc) is 2.46. The van der Waals surface area contributed by atoms with Crippen molar-refractivity contribution in [3.05, 3.63) is 71.3 Å². The van der Waals surface area contributed by atoms with E-state index in [1.165, 1.54) is 6.08 Å². The van der Waals surface area contributed by atoms with Crippen molar-refractivity contribution < 1.29 is 18.3 Å². The van der Waals surface area contributed by atoms with E-state index in [9.17, 15) is 13.6 Å². The Labute approximate surface area is 121 Å². The Bertz CT molecular complexity index is 661. The first-order valence-corrected chi connectivity index (χ1v) is 6.50. The zero-order valence-corrected chi connectivity index (χ0v) is 11.5. The van der Waals surface area contributed by atoms with E-state index < -0.39 is 17.4 Å². The minimum Gasteiger partial charge on any atom is -0.494 e. The molecule has 0 N–H and O–H groups in total. The van der Waals surface area contributed by atoms with Crippen LogP contribution >= 0.6 is 0 Å². The molecule has 0 radical (unpaired) electrons. The van der Waals surface area contributed by atoms with Crippen LogP contribution in [0.2, 0.25) is 0 Å². The van der Waals surface area contributed by atoms with Gasteiger partial charge in [-0.1, -0.05) is 18.2 Å². The van der Waals surface area contributed by atoms with Crippen molar-refractivity contribution in [1.29, 1.82) is 0 Å². The molecule has 0 bridgehead atoms. The summed E-state index contributed by atoms with van der Waals surface area (Å²) in [6.45, 7) is 2.47. The van der Waals surface area contributed by atoms with E-state index in [1.807, 2.05) is 6.92 Å². The summed E-state index contributed by atoms with van der Waals surface area (Å²) in [6, 6.07) is 10.0. The predicted molar refractivity (Wildman–Crippen MR) is 77.3 cm³/mol. The Morgan fingerprint density at radius 3 is 2.48 bits per heavy atom. The first kappa shape index (κ1) is 14.9. The minimum atomic E-state index is -0.864. The molecule has 0 amide bonds. The third-order valence-electron chi connectivity index (χ3n) is 2.81. The summed E-state index contributed by atoms with van der Waals surface area (Å²) in [5, 5.41) is 0. The van der Waals surface area contributed by atoms with E-state index in [1.54, 1.807) is 30.3 Å². The fourth-order valence-corrected chi connectivity index (χ4v) is 1.79. The van der Waals surface area contributed by atoms with Crippen LogP contribution in [0.5, 0.6) is 5.75 Å². The molecule has 0 unspecified atom stereocenters. The van der Waals surface area contributed by atoms with Crippen LogP contribution in [0.25, 0.3) is 6.08 Å². The van der Waals surface area contributed by atoms with Crippen molar-refractivity contribution >= 4 is 11.9 Å². The van der Waals surface area contributed by atoms with Crippen molar-refractivity contribution in [2.45, 2.75) is 6.92 Å². The second-order valence-corrected chi connectivity index (χ2v) is 4.32. The van der Waals surface area contributed by atoms with Crippen LogP contribution in [0.3, 0.4) is 0 Å². The maximum Gasteiger partial charge on any atom is 0.188 e. The Kier molecular flexibility index (Phi) is 4.82. The first-order chi connectivity index (χ1) is 10.1. The summed E-state index contributed by atoms with van der Waals surface area (Å²) in [6.07, 6.45) is 2.83. The zero-order valence-electron chi connectivity index (χ0n) is 11.5. The molecule has 0 saturated heterocycles. The van der Waals surface area contributed by atoms with Crippen LogP contribution in [-0.4, -0.2) is 12.4 Å². The van der Waals surface area contributed by atoms with Gasteiger partial charge < -0.3 is 4.74 Å². The maximum atomic E-state index is 13.5. The molecule has 0 aliphatic heterocycles. The molecule has 0 heterocycles. The van der Waals surface area contributed by atoms with Gasteiger partial charge in [0.1, 0.15) is 17.4 Å². The third kappa shape index (κ3) is 3.99. The first-order valence-electron chi connectivity index (χ1n) is 6.50. The minimum absolute atomic E-state index is 0.154. The molecule has 0 fully saturated rings. The highest BCUT2D eigenvalue weighted by molar-refractivity contribution is 6.06. The van der Waals surface area contributed by atoms with Crippen LogP contribution in [0.4, 0.5) is 8.78 Å². The fourth-order valence-electron chi connectivity index (χ4n) is 1.79. The number of rotatable bonds is 5. The molecule has 0 aromatic heterocycles. The van der Waals surface area contributed by atoms with Gasteiger partial charge in [-0.05, 0) is 42.8 Å². The van der Waals surface area contributed by atoms with Gasteiger partial charge in [0.2, 0.25) is 0 Å². The van der Waals surface area contributed by atoms with Crippen LogP contribution in [0, 0.1) is 11.6 Å². The van der Waals surface area contributed by atoms with Gasteiger partial charge in [0.25, 0.3) is 0 Å². The molecule has 0 atom stereocenters. The monoisotopic (exact) mass is 288 g/mol. The Balaban J connectivity index is 2.11. The van der Waals surface area contributed by atoms with Gasteiger partial charge in [-0.25, -0.2) is 8.78 Å². The number of allylic oxidation sites excluding steroid dienone is 1. The van der Waals surface area contributed by atoms with E-state index in [2.05, 4.69) is 0 Å². The number of halogens is 2. The van der Waals surface area contributed by atoms with Gasteiger partial charge in [0.15, 0.2) is 5.78 Å². The van der Waals surface area contributed by atoms with Crippen LogP contribution in [0.1, 0.15) is 22.8 Å². The molecular weight excluding hydrogens is 274 g/mol. The maximum absolute atomic E-state index is 13.5. The van der Waals surface area contributed by atoms with Gasteiger partial charge in [0, 0.05) is 6.07 Å². The van der Waals surface area contributed by atoms with Crippen LogP contribution in [-0.2, 0) is 0 Å². The second-order valence-electron chi connectivity index (χ2n) is 4.32. The number of hydrogen-bond acceptors (Lipinski definition) is 2. The van der Waals surface area contributed by atoms with Crippen molar-refractivity contribution in [1.82, 2.24) is 0 Å². The molecule has 21 heavy (non-hydrogen) atoms. The highest BCUT2D eigenvalue weighted by Gasteiger charge is 2.09. The molecule has 2 rings (SSSR count).